The summed E-state index contributed by atoms with van der Waals surface area (Å²) in [6, 6.07) is 22.7. The van der Waals surface area contributed by atoms with Crippen LogP contribution in [0.1, 0.15) is 47.2 Å². The number of benzene rings is 3. The van der Waals surface area contributed by atoms with Gasteiger partial charge in [-0.05, 0) is 59.4 Å². The van der Waals surface area contributed by atoms with Crippen LogP contribution in [0.2, 0.25) is 0 Å². The van der Waals surface area contributed by atoms with Gasteiger partial charge < -0.3 is 0 Å². The van der Waals surface area contributed by atoms with Gasteiger partial charge in [0.2, 0.25) is 11.8 Å². The quantitative estimate of drug-likeness (QED) is 0.530. The van der Waals surface area contributed by atoms with Crippen LogP contribution in [0.5, 0.6) is 0 Å². The molecule has 7 rings (SSSR count). The van der Waals surface area contributed by atoms with Gasteiger partial charge in [0.05, 0.1) is 17.5 Å². The lowest BCUT2D eigenvalue weighted by Gasteiger charge is -2.57. The standard InChI is InChI=1S/C28H25NO2/c1-16-13-14-18(15-17(16)2)29-25(30)23-24(26(29)31)28(4)21-11-7-5-9-19(21)27(23,3)20-10-6-8-12-22(20)28/h5-15,23-24H,1-4H3/t23-,24-,27?,28?/m1/s1. The number of hydrogen-bond acceptors (Lipinski definition) is 2. The van der Waals surface area contributed by atoms with Crippen molar-refractivity contribution in [3.63, 3.8) is 0 Å². The average Bonchev–Trinajstić information content (AvgIpc) is 3.05. The fraction of sp³-hybridized carbons (Fsp3) is 0.286. The molecule has 1 fully saturated rings. The lowest BCUT2D eigenvalue weighted by Crippen LogP contribution is -2.59. The highest BCUT2D eigenvalue weighted by molar-refractivity contribution is 6.24. The van der Waals surface area contributed by atoms with Crippen molar-refractivity contribution in [2.75, 3.05) is 4.90 Å². The Labute approximate surface area is 182 Å². The van der Waals surface area contributed by atoms with E-state index in [1.54, 1.807) is 0 Å². The van der Waals surface area contributed by atoms with E-state index in [2.05, 4.69) is 38.1 Å². The van der Waals surface area contributed by atoms with Crippen molar-refractivity contribution >= 4 is 17.5 Å². The van der Waals surface area contributed by atoms with E-state index >= 15 is 0 Å². The van der Waals surface area contributed by atoms with Crippen molar-refractivity contribution < 1.29 is 9.59 Å². The van der Waals surface area contributed by atoms with Crippen molar-refractivity contribution in [3.05, 3.63) is 100 Å². The van der Waals surface area contributed by atoms with Crippen LogP contribution in [0.25, 0.3) is 0 Å². The van der Waals surface area contributed by atoms with E-state index in [9.17, 15) is 9.59 Å². The van der Waals surface area contributed by atoms with Gasteiger partial charge in [-0.1, -0.05) is 68.4 Å². The third-order valence-electron chi connectivity index (χ3n) is 8.39. The number of rotatable bonds is 1. The predicted molar refractivity (Wildman–Crippen MR) is 121 cm³/mol. The van der Waals surface area contributed by atoms with Gasteiger partial charge in [0.1, 0.15) is 0 Å². The van der Waals surface area contributed by atoms with Gasteiger partial charge in [0.25, 0.3) is 0 Å². The van der Waals surface area contributed by atoms with Crippen LogP contribution in [0.15, 0.2) is 66.7 Å². The van der Waals surface area contributed by atoms with Crippen molar-refractivity contribution in [3.8, 4) is 0 Å². The fourth-order valence-corrected chi connectivity index (χ4v) is 6.69. The van der Waals surface area contributed by atoms with Crippen LogP contribution in [0.3, 0.4) is 0 Å². The maximum Gasteiger partial charge on any atom is 0.238 e. The van der Waals surface area contributed by atoms with Gasteiger partial charge in [0, 0.05) is 10.8 Å². The van der Waals surface area contributed by atoms with Gasteiger partial charge in [0.15, 0.2) is 0 Å². The monoisotopic (exact) mass is 407 g/mol. The largest absolute Gasteiger partial charge is 0.274 e. The molecule has 0 N–H and O–H groups in total. The van der Waals surface area contributed by atoms with E-state index in [1.807, 2.05) is 56.3 Å². The second-order valence-electron chi connectivity index (χ2n) is 9.73. The lowest BCUT2D eigenvalue weighted by atomic mass is 9.42. The molecular formula is C28H25NO2. The molecule has 3 aromatic rings. The van der Waals surface area contributed by atoms with E-state index in [1.165, 1.54) is 27.2 Å². The zero-order chi connectivity index (χ0) is 21.7. The van der Waals surface area contributed by atoms with E-state index in [4.69, 9.17) is 0 Å². The molecule has 0 saturated carbocycles. The van der Waals surface area contributed by atoms with E-state index in [-0.39, 0.29) is 11.8 Å². The smallest absolute Gasteiger partial charge is 0.238 e. The summed E-state index contributed by atoms with van der Waals surface area (Å²) >= 11 is 0. The maximum atomic E-state index is 14.0. The van der Waals surface area contributed by atoms with Gasteiger partial charge in [-0.15, -0.1) is 0 Å². The highest BCUT2D eigenvalue weighted by Gasteiger charge is 2.70. The molecule has 2 bridgehead atoms. The summed E-state index contributed by atoms with van der Waals surface area (Å²) in [6.45, 7) is 8.39. The molecule has 4 aliphatic rings. The van der Waals surface area contributed by atoms with Crippen molar-refractivity contribution in [1.82, 2.24) is 0 Å². The van der Waals surface area contributed by atoms with Crippen LogP contribution in [0, 0.1) is 25.7 Å². The Morgan fingerprint density at radius 1 is 0.645 bits per heavy atom. The Hall–Kier alpha value is -3.20. The lowest BCUT2D eigenvalue weighted by molar-refractivity contribution is -0.124. The Kier molecular flexibility index (Phi) is 3.43. The molecule has 3 heteroatoms. The second-order valence-corrected chi connectivity index (χ2v) is 9.73. The fourth-order valence-electron chi connectivity index (χ4n) is 6.69. The molecule has 2 atom stereocenters. The summed E-state index contributed by atoms with van der Waals surface area (Å²) in [5.41, 5.74) is 6.58. The van der Waals surface area contributed by atoms with Crippen LogP contribution >= 0.6 is 0 Å². The summed E-state index contributed by atoms with van der Waals surface area (Å²) in [5, 5.41) is 0. The first kappa shape index (κ1) is 18.6. The first-order valence-corrected chi connectivity index (χ1v) is 11.0. The van der Waals surface area contributed by atoms with E-state index in [0.717, 1.165) is 11.1 Å². The predicted octanol–water partition coefficient (Wildman–Crippen LogP) is 5.05. The minimum absolute atomic E-state index is 0.0732. The number of aryl methyl sites for hydroxylation is 2. The van der Waals surface area contributed by atoms with Gasteiger partial charge >= 0.3 is 0 Å². The number of amides is 2. The number of anilines is 1. The summed E-state index contributed by atoms with van der Waals surface area (Å²) in [6.07, 6.45) is 0. The van der Waals surface area contributed by atoms with Gasteiger partial charge in [-0.25, -0.2) is 4.90 Å². The zero-order valence-corrected chi connectivity index (χ0v) is 18.3. The third-order valence-corrected chi connectivity index (χ3v) is 8.39. The van der Waals surface area contributed by atoms with Crippen LogP contribution < -0.4 is 4.90 Å². The highest BCUT2D eigenvalue weighted by Crippen LogP contribution is 2.66. The number of nitrogens with zero attached hydrogens (tertiary/aromatic N) is 1. The molecule has 154 valence electrons. The number of carbonyl (C=O) groups is 2. The third kappa shape index (κ3) is 1.96. The SMILES string of the molecule is Cc1ccc(N2C(=O)[C@H]3[C@H](C2=O)C2(C)c4ccccc4C3(C)c3ccccc32)cc1C. The molecule has 1 saturated heterocycles. The van der Waals surface area contributed by atoms with Crippen molar-refractivity contribution in [2.24, 2.45) is 11.8 Å². The average molecular weight is 408 g/mol. The van der Waals surface area contributed by atoms with Gasteiger partial charge in [-0.2, -0.15) is 0 Å². The first-order valence-electron chi connectivity index (χ1n) is 11.0. The highest BCUT2D eigenvalue weighted by atomic mass is 16.2. The molecule has 3 aliphatic carbocycles. The topological polar surface area (TPSA) is 37.4 Å². The Morgan fingerprint density at radius 3 is 1.45 bits per heavy atom. The minimum atomic E-state index is -0.531. The van der Waals surface area contributed by atoms with Gasteiger partial charge in [-0.3, -0.25) is 9.59 Å². The maximum absolute atomic E-state index is 14.0. The van der Waals surface area contributed by atoms with Crippen molar-refractivity contribution in [1.29, 1.82) is 0 Å². The zero-order valence-electron chi connectivity index (χ0n) is 18.3. The van der Waals surface area contributed by atoms with Crippen LogP contribution in [0.4, 0.5) is 5.69 Å². The second kappa shape index (κ2) is 5.73. The summed E-state index contributed by atoms with van der Waals surface area (Å²) in [7, 11) is 0. The molecule has 0 unspecified atom stereocenters. The first-order chi connectivity index (χ1) is 14.8. The summed E-state index contributed by atoms with van der Waals surface area (Å²) < 4.78 is 0. The minimum Gasteiger partial charge on any atom is -0.274 e. The molecule has 1 heterocycles. The van der Waals surface area contributed by atoms with Crippen LogP contribution in [-0.4, -0.2) is 11.8 Å². The Morgan fingerprint density at radius 2 is 1.06 bits per heavy atom. The number of imide groups is 1. The van der Waals surface area contributed by atoms with E-state index in [0.29, 0.717) is 5.69 Å². The molecule has 1 aliphatic heterocycles. The molecule has 3 aromatic carbocycles. The summed E-state index contributed by atoms with van der Waals surface area (Å²) in [4.78, 5) is 29.5. The number of carbonyl (C=O) groups excluding carboxylic acids is 2. The molecule has 0 spiro atoms. The molecule has 0 radical (unpaired) electrons. The molecule has 0 aromatic heterocycles. The molecular weight excluding hydrogens is 382 g/mol. The normalized spacial score (nSPS) is 30.3. The van der Waals surface area contributed by atoms with E-state index < -0.39 is 22.7 Å². The molecule has 2 amide bonds. The Bertz CT molecular complexity index is 1180. The summed E-state index contributed by atoms with van der Waals surface area (Å²) in [5.74, 6) is -0.959. The van der Waals surface area contributed by atoms with Crippen molar-refractivity contribution in [2.45, 2.75) is 38.5 Å². The number of hydrogen-bond donors (Lipinski definition) is 0. The molecule has 3 nitrogen and oxygen atoms in total. The Balaban J connectivity index is 1.65. The molecule has 31 heavy (non-hydrogen) atoms. The van der Waals surface area contributed by atoms with Crippen LogP contribution in [-0.2, 0) is 20.4 Å².